The van der Waals surface area contributed by atoms with E-state index in [1.54, 1.807) is 0 Å². The second-order valence-corrected chi connectivity index (χ2v) is 3.95. The van der Waals surface area contributed by atoms with Crippen LogP contribution in [0.4, 0.5) is 0 Å². The van der Waals surface area contributed by atoms with Crippen molar-refractivity contribution in [1.29, 1.82) is 0 Å². The third-order valence-electron chi connectivity index (χ3n) is 2.25. The van der Waals surface area contributed by atoms with Gasteiger partial charge in [-0.2, -0.15) is 0 Å². The van der Waals surface area contributed by atoms with E-state index in [9.17, 15) is 0 Å². The molecular weight excluding hydrogens is 160 g/mol. The van der Waals surface area contributed by atoms with Crippen molar-refractivity contribution in [3.8, 4) is 0 Å². The maximum Gasteiger partial charge on any atom is 0.0582 e. The van der Waals surface area contributed by atoms with Gasteiger partial charge in [0.05, 0.1) is 12.2 Å². The van der Waals surface area contributed by atoms with Crippen LogP contribution in [0.3, 0.4) is 0 Å². The molecule has 0 aromatic rings. The maximum absolute atomic E-state index is 5.71. The molecule has 3 atom stereocenters. The van der Waals surface area contributed by atoms with Crippen LogP contribution in [-0.4, -0.2) is 18.1 Å². The number of halogens is 1. The molecule has 0 radical (unpaired) electrons. The average molecular weight is 177 g/mol. The summed E-state index contributed by atoms with van der Waals surface area (Å²) in [4.78, 5) is 0. The van der Waals surface area contributed by atoms with E-state index in [1.807, 2.05) is 0 Å². The lowest BCUT2D eigenvalue weighted by molar-refractivity contribution is 0.0440. The predicted molar refractivity (Wildman–Crippen MR) is 48.1 cm³/mol. The maximum atomic E-state index is 5.71. The second-order valence-electron chi connectivity index (χ2n) is 3.64. The Kier molecular flexibility index (Phi) is 3.67. The Hall–Kier alpha value is 0.250. The number of ether oxygens (including phenoxy) is 1. The van der Waals surface area contributed by atoms with Crippen LogP contribution in [-0.2, 0) is 4.74 Å². The molecule has 0 aromatic heterocycles. The molecule has 66 valence electrons. The highest BCUT2D eigenvalue weighted by molar-refractivity contribution is 6.18. The lowest BCUT2D eigenvalue weighted by Crippen LogP contribution is -2.13. The topological polar surface area (TPSA) is 9.23 Å². The summed E-state index contributed by atoms with van der Waals surface area (Å²) in [5.41, 5.74) is 0. The molecule has 3 unspecified atom stereocenters. The fourth-order valence-electron chi connectivity index (χ4n) is 1.57. The standard InChI is InChI=1S/C9H17ClO/c1-7(6-10)5-9-4-3-8(2)11-9/h7-9H,3-6H2,1-2H3. The van der Waals surface area contributed by atoms with Crippen molar-refractivity contribution in [3.63, 3.8) is 0 Å². The van der Waals surface area contributed by atoms with E-state index in [0.717, 1.165) is 12.3 Å². The van der Waals surface area contributed by atoms with Crippen LogP contribution in [0.1, 0.15) is 33.1 Å². The molecule has 1 saturated heterocycles. The fourth-order valence-corrected chi connectivity index (χ4v) is 1.70. The number of hydrogen-bond acceptors (Lipinski definition) is 1. The first kappa shape index (κ1) is 9.34. The largest absolute Gasteiger partial charge is 0.375 e. The van der Waals surface area contributed by atoms with E-state index in [1.165, 1.54) is 12.8 Å². The van der Waals surface area contributed by atoms with Crippen molar-refractivity contribution in [2.45, 2.75) is 45.3 Å². The monoisotopic (exact) mass is 176 g/mol. The second kappa shape index (κ2) is 4.32. The highest BCUT2D eigenvalue weighted by atomic mass is 35.5. The predicted octanol–water partition coefficient (Wildman–Crippen LogP) is 2.82. The summed E-state index contributed by atoms with van der Waals surface area (Å²) in [5, 5.41) is 0. The van der Waals surface area contributed by atoms with E-state index < -0.39 is 0 Å². The normalized spacial score (nSPS) is 34.1. The number of rotatable bonds is 3. The molecule has 0 saturated carbocycles. The highest BCUT2D eigenvalue weighted by Crippen LogP contribution is 2.24. The van der Waals surface area contributed by atoms with Crippen LogP contribution in [0.5, 0.6) is 0 Å². The lowest BCUT2D eigenvalue weighted by Gasteiger charge is -2.14. The number of alkyl halides is 1. The highest BCUT2D eigenvalue weighted by Gasteiger charge is 2.22. The fraction of sp³-hybridized carbons (Fsp3) is 1.00. The first-order chi connectivity index (χ1) is 5.22. The zero-order chi connectivity index (χ0) is 8.27. The molecule has 1 aliphatic heterocycles. The molecule has 11 heavy (non-hydrogen) atoms. The van der Waals surface area contributed by atoms with Gasteiger partial charge in [0.2, 0.25) is 0 Å². The summed E-state index contributed by atoms with van der Waals surface area (Å²) >= 11 is 5.71. The van der Waals surface area contributed by atoms with Crippen LogP contribution < -0.4 is 0 Å². The Morgan fingerprint density at radius 3 is 2.73 bits per heavy atom. The Labute approximate surface area is 74.1 Å². The van der Waals surface area contributed by atoms with Crippen LogP contribution in [0.25, 0.3) is 0 Å². The van der Waals surface area contributed by atoms with Crippen molar-refractivity contribution in [2.24, 2.45) is 5.92 Å². The summed E-state index contributed by atoms with van der Waals surface area (Å²) in [6.07, 6.45) is 4.54. The Morgan fingerprint density at radius 2 is 2.27 bits per heavy atom. The van der Waals surface area contributed by atoms with Crippen molar-refractivity contribution in [1.82, 2.24) is 0 Å². The van der Waals surface area contributed by atoms with Crippen molar-refractivity contribution < 1.29 is 4.74 Å². The smallest absolute Gasteiger partial charge is 0.0582 e. The molecule has 1 nitrogen and oxygen atoms in total. The van der Waals surface area contributed by atoms with E-state index in [0.29, 0.717) is 18.1 Å². The Bertz CT molecular complexity index is 116. The van der Waals surface area contributed by atoms with Gasteiger partial charge < -0.3 is 4.74 Å². The molecule has 2 heteroatoms. The molecule has 0 bridgehead atoms. The van der Waals surface area contributed by atoms with Crippen LogP contribution in [0, 0.1) is 5.92 Å². The third kappa shape index (κ3) is 3.00. The summed E-state index contributed by atoms with van der Waals surface area (Å²) in [6.45, 7) is 4.32. The minimum absolute atomic E-state index is 0.475. The van der Waals surface area contributed by atoms with Gasteiger partial charge in [0.25, 0.3) is 0 Å². The van der Waals surface area contributed by atoms with Crippen LogP contribution >= 0.6 is 11.6 Å². The molecule has 0 amide bonds. The van der Waals surface area contributed by atoms with Crippen LogP contribution in [0.2, 0.25) is 0 Å². The molecule has 1 rings (SSSR count). The minimum atomic E-state index is 0.475. The van der Waals surface area contributed by atoms with Gasteiger partial charge in [0, 0.05) is 5.88 Å². The molecular formula is C9H17ClO. The molecule has 1 aliphatic rings. The van der Waals surface area contributed by atoms with E-state index >= 15 is 0 Å². The van der Waals surface area contributed by atoms with Gasteiger partial charge in [-0.05, 0) is 32.1 Å². The minimum Gasteiger partial charge on any atom is -0.375 e. The van der Waals surface area contributed by atoms with E-state index in [4.69, 9.17) is 16.3 Å². The molecule has 0 aliphatic carbocycles. The molecule has 1 heterocycles. The van der Waals surface area contributed by atoms with E-state index in [2.05, 4.69) is 13.8 Å². The summed E-state index contributed by atoms with van der Waals surface area (Å²) in [6, 6.07) is 0. The summed E-state index contributed by atoms with van der Waals surface area (Å²) in [7, 11) is 0. The van der Waals surface area contributed by atoms with Gasteiger partial charge in [0.15, 0.2) is 0 Å². The zero-order valence-electron chi connectivity index (χ0n) is 7.35. The lowest BCUT2D eigenvalue weighted by atomic mass is 10.0. The first-order valence-corrected chi connectivity index (χ1v) is 4.97. The average Bonchev–Trinajstić information content (AvgIpc) is 2.35. The zero-order valence-corrected chi connectivity index (χ0v) is 8.10. The Morgan fingerprint density at radius 1 is 1.55 bits per heavy atom. The van der Waals surface area contributed by atoms with E-state index in [-0.39, 0.29) is 0 Å². The van der Waals surface area contributed by atoms with Gasteiger partial charge >= 0.3 is 0 Å². The van der Waals surface area contributed by atoms with Crippen molar-refractivity contribution in [2.75, 3.05) is 5.88 Å². The third-order valence-corrected chi connectivity index (χ3v) is 2.78. The number of hydrogen-bond donors (Lipinski definition) is 0. The molecule has 0 aromatic carbocycles. The molecule has 0 spiro atoms. The van der Waals surface area contributed by atoms with Crippen molar-refractivity contribution >= 4 is 11.6 Å². The molecule has 0 N–H and O–H groups in total. The van der Waals surface area contributed by atoms with Crippen LogP contribution in [0.15, 0.2) is 0 Å². The van der Waals surface area contributed by atoms with Gasteiger partial charge in [-0.1, -0.05) is 6.92 Å². The van der Waals surface area contributed by atoms with Gasteiger partial charge in [0.1, 0.15) is 0 Å². The SMILES string of the molecule is CC(CCl)CC1CCC(C)O1. The summed E-state index contributed by atoms with van der Waals surface area (Å²) in [5.74, 6) is 1.36. The first-order valence-electron chi connectivity index (χ1n) is 4.43. The Balaban J connectivity index is 2.17. The van der Waals surface area contributed by atoms with Crippen molar-refractivity contribution in [3.05, 3.63) is 0 Å². The summed E-state index contributed by atoms with van der Waals surface area (Å²) < 4.78 is 5.68. The van der Waals surface area contributed by atoms with Gasteiger partial charge in [-0.3, -0.25) is 0 Å². The van der Waals surface area contributed by atoms with Gasteiger partial charge in [-0.15, -0.1) is 11.6 Å². The molecule has 1 fully saturated rings. The quantitative estimate of drug-likeness (QED) is 0.601. The van der Waals surface area contributed by atoms with Gasteiger partial charge in [-0.25, -0.2) is 0 Å².